The molecule has 0 unspecified atom stereocenters. The van der Waals surface area contributed by atoms with Crippen molar-refractivity contribution < 1.29 is 19.4 Å². The average Bonchev–Trinajstić information content (AvgIpc) is 2.83. The molecule has 2 heterocycles. The number of amides is 2. The van der Waals surface area contributed by atoms with Crippen molar-refractivity contribution in [2.45, 2.75) is 83.2 Å². The average molecular weight is 537 g/mol. The van der Waals surface area contributed by atoms with Crippen molar-refractivity contribution in [3.05, 3.63) is 53.5 Å². The van der Waals surface area contributed by atoms with Crippen LogP contribution in [0.15, 0.2) is 36.7 Å². The minimum absolute atomic E-state index is 0.160. The summed E-state index contributed by atoms with van der Waals surface area (Å²) in [6.45, 7) is 7.95. The molecule has 5 rings (SSSR count). The van der Waals surface area contributed by atoms with E-state index in [2.05, 4.69) is 49.0 Å². The molecule has 39 heavy (non-hydrogen) atoms. The zero-order chi connectivity index (χ0) is 27.6. The van der Waals surface area contributed by atoms with Gasteiger partial charge >= 0.3 is 6.09 Å². The summed E-state index contributed by atoms with van der Waals surface area (Å²) in [5.74, 6) is 0.286. The highest BCUT2D eigenvalue weighted by Gasteiger charge is 2.53. The summed E-state index contributed by atoms with van der Waals surface area (Å²) in [5.41, 5.74) is 2.70. The van der Waals surface area contributed by atoms with Crippen LogP contribution < -0.4 is 16.0 Å². The Kier molecular flexibility index (Phi) is 7.77. The number of hydrogen-bond acceptors (Lipinski definition) is 8. The lowest BCUT2D eigenvalue weighted by atomic mass is 9.52. The number of benzene rings is 1. The van der Waals surface area contributed by atoms with Crippen molar-refractivity contribution in [1.29, 1.82) is 0 Å². The van der Waals surface area contributed by atoms with Gasteiger partial charge in [0.2, 0.25) is 0 Å². The Balaban J connectivity index is 1.02. The SMILES string of the molecule is CC(C)(C)OC(=O)NC1CC2(C1)CC(Nc1cc(C(=O)NC[C@H](O)CN3CCc4ccccc4C3)ncn1)C2. The number of anilines is 1. The normalized spacial score (nSPS) is 25.0. The van der Waals surface area contributed by atoms with Crippen LogP contribution in [0, 0.1) is 5.41 Å². The molecule has 0 saturated heterocycles. The summed E-state index contributed by atoms with van der Waals surface area (Å²) < 4.78 is 5.35. The summed E-state index contributed by atoms with van der Waals surface area (Å²) in [7, 11) is 0. The number of aliphatic hydroxyl groups excluding tert-OH is 1. The van der Waals surface area contributed by atoms with Crippen LogP contribution >= 0.6 is 0 Å². The quantitative estimate of drug-likeness (QED) is 0.406. The van der Waals surface area contributed by atoms with Crippen LogP contribution in [0.4, 0.5) is 10.6 Å². The van der Waals surface area contributed by atoms with Crippen LogP contribution in [0.5, 0.6) is 0 Å². The highest BCUT2D eigenvalue weighted by atomic mass is 16.6. The van der Waals surface area contributed by atoms with E-state index in [1.54, 1.807) is 6.07 Å². The van der Waals surface area contributed by atoms with Crippen LogP contribution in [-0.2, 0) is 17.7 Å². The predicted octanol–water partition coefficient (Wildman–Crippen LogP) is 2.87. The first-order valence-corrected chi connectivity index (χ1v) is 13.9. The van der Waals surface area contributed by atoms with Crippen molar-refractivity contribution >= 4 is 17.8 Å². The Hall–Kier alpha value is -3.24. The Morgan fingerprint density at radius 1 is 1.13 bits per heavy atom. The second kappa shape index (κ2) is 11.1. The summed E-state index contributed by atoms with van der Waals surface area (Å²) in [4.78, 5) is 35.3. The number of carbonyl (C=O) groups excluding carboxylic acids is 2. The van der Waals surface area contributed by atoms with Gasteiger partial charge in [-0.05, 0) is 69.4 Å². The van der Waals surface area contributed by atoms with Gasteiger partial charge in [-0.3, -0.25) is 9.69 Å². The maximum Gasteiger partial charge on any atom is 0.407 e. The molecule has 2 aliphatic carbocycles. The highest BCUT2D eigenvalue weighted by Crippen LogP contribution is 2.56. The number of alkyl carbamates (subject to hydrolysis) is 1. The monoisotopic (exact) mass is 536 g/mol. The number of aliphatic hydroxyl groups is 1. The highest BCUT2D eigenvalue weighted by molar-refractivity contribution is 5.92. The van der Waals surface area contributed by atoms with Gasteiger partial charge in [0.15, 0.2) is 0 Å². The lowest BCUT2D eigenvalue weighted by Crippen LogP contribution is -2.59. The minimum atomic E-state index is -0.666. The molecule has 210 valence electrons. The molecule has 1 aromatic heterocycles. The second-order valence-electron chi connectivity index (χ2n) is 12.4. The van der Waals surface area contributed by atoms with E-state index in [4.69, 9.17) is 4.74 Å². The molecular weight excluding hydrogens is 496 g/mol. The number of carbonyl (C=O) groups is 2. The molecule has 2 fully saturated rings. The first-order chi connectivity index (χ1) is 18.6. The third-order valence-corrected chi connectivity index (χ3v) is 7.87. The number of nitrogens with one attached hydrogen (secondary N) is 3. The van der Waals surface area contributed by atoms with Crippen LogP contribution in [0.1, 0.15) is 68.1 Å². The lowest BCUT2D eigenvalue weighted by molar-refractivity contribution is -0.0179. The van der Waals surface area contributed by atoms with E-state index in [9.17, 15) is 14.7 Å². The van der Waals surface area contributed by atoms with E-state index in [1.165, 1.54) is 17.5 Å². The second-order valence-corrected chi connectivity index (χ2v) is 12.4. The predicted molar refractivity (Wildman–Crippen MR) is 147 cm³/mol. The number of fused-ring (bicyclic) bond motifs is 1. The van der Waals surface area contributed by atoms with E-state index in [0.29, 0.717) is 12.4 Å². The smallest absolute Gasteiger partial charge is 0.407 e. The van der Waals surface area contributed by atoms with E-state index >= 15 is 0 Å². The Morgan fingerprint density at radius 2 is 1.85 bits per heavy atom. The minimum Gasteiger partial charge on any atom is -0.444 e. The molecule has 2 aromatic rings. The van der Waals surface area contributed by atoms with E-state index in [0.717, 1.165) is 45.2 Å². The summed E-state index contributed by atoms with van der Waals surface area (Å²) in [6.07, 6.45) is 5.24. The van der Waals surface area contributed by atoms with Gasteiger partial charge in [0.1, 0.15) is 23.4 Å². The standard InChI is InChI=1S/C29H40N6O4/c1-28(2,3)39-27(38)34-22-13-29(14-22)11-21(12-29)33-25-10-24(31-18-32-25)26(37)30-15-23(36)17-35-9-8-19-6-4-5-7-20(19)16-35/h4-7,10,18,21-23,36H,8-9,11-17H2,1-3H3,(H,30,37)(H,34,38)(H,31,32,33)/t21?,22?,23-,29?/m0/s1. The molecule has 0 bridgehead atoms. The molecule has 1 atom stereocenters. The van der Waals surface area contributed by atoms with Gasteiger partial charge in [-0.1, -0.05) is 24.3 Å². The van der Waals surface area contributed by atoms with Crippen molar-refractivity contribution in [3.8, 4) is 0 Å². The maximum absolute atomic E-state index is 12.7. The number of rotatable bonds is 8. The van der Waals surface area contributed by atoms with Crippen molar-refractivity contribution in [1.82, 2.24) is 25.5 Å². The largest absolute Gasteiger partial charge is 0.444 e. The maximum atomic E-state index is 12.7. The molecule has 1 spiro atoms. The van der Waals surface area contributed by atoms with E-state index in [1.807, 2.05) is 26.8 Å². The first-order valence-electron chi connectivity index (χ1n) is 13.9. The molecule has 2 saturated carbocycles. The number of ether oxygens (including phenoxy) is 1. The van der Waals surface area contributed by atoms with Crippen LogP contribution in [0.25, 0.3) is 0 Å². The van der Waals surface area contributed by atoms with Gasteiger partial charge in [-0.15, -0.1) is 0 Å². The molecule has 2 amide bonds. The zero-order valence-electron chi connectivity index (χ0n) is 23.1. The van der Waals surface area contributed by atoms with Gasteiger partial charge in [-0.2, -0.15) is 0 Å². The molecule has 0 radical (unpaired) electrons. The topological polar surface area (TPSA) is 129 Å². The fourth-order valence-electron chi connectivity index (χ4n) is 6.13. The summed E-state index contributed by atoms with van der Waals surface area (Å²) >= 11 is 0. The van der Waals surface area contributed by atoms with Crippen LogP contribution in [0.2, 0.25) is 0 Å². The number of aromatic nitrogens is 2. The van der Waals surface area contributed by atoms with Gasteiger partial charge < -0.3 is 25.8 Å². The molecule has 10 heteroatoms. The van der Waals surface area contributed by atoms with Crippen molar-refractivity contribution in [2.75, 3.05) is 25.0 Å². The Labute approximate surface area is 229 Å². The van der Waals surface area contributed by atoms with E-state index < -0.39 is 11.7 Å². The van der Waals surface area contributed by atoms with Gasteiger partial charge in [0, 0.05) is 44.3 Å². The number of hydrogen-bond donors (Lipinski definition) is 4. The fraction of sp³-hybridized carbons (Fsp3) is 0.586. The Bertz CT molecular complexity index is 1180. The summed E-state index contributed by atoms with van der Waals surface area (Å²) in [6, 6.07) is 10.5. The Morgan fingerprint density at radius 3 is 2.59 bits per heavy atom. The molecule has 10 nitrogen and oxygen atoms in total. The summed E-state index contributed by atoms with van der Waals surface area (Å²) in [5, 5.41) is 19.7. The zero-order valence-corrected chi connectivity index (χ0v) is 23.1. The lowest BCUT2D eigenvalue weighted by Gasteiger charge is -2.57. The first kappa shape index (κ1) is 27.3. The van der Waals surface area contributed by atoms with Crippen molar-refractivity contribution in [2.24, 2.45) is 5.41 Å². The van der Waals surface area contributed by atoms with Crippen molar-refractivity contribution in [3.63, 3.8) is 0 Å². The van der Waals surface area contributed by atoms with Gasteiger partial charge in [-0.25, -0.2) is 14.8 Å². The number of nitrogens with zero attached hydrogens (tertiary/aromatic N) is 3. The van der Waals surface area contributed by atoms with E-state index in [-0.39, 0.29) is 41.7 Å². The fourth-order valence-corrected chi connectivity index (χ4v) is 6.13. The molecule has 4 N–H and O–H groups in total. The number of β-amino-alcohol motifs (C(OH)–C–C–N with tert-alkyl or cyclic N) is 1. The van der Waals surface area contributed by atoms with Gasteiger partial charge in [0.05, 0.1) is 6.10 Å². The van der Waals surface area contributed by atoms with Crippen LogP contribution in [-0.4, -0.2) is 75.4 Å². The molecular formula is C29H40N6O4. The molecule has 3 aliphatic rings. The van der Waals surface area contributed by atoms with Crippen LogP contribution in [0.3, 0.4) is 0 Å². The third kappa shape index (κ3) is 7.05. The molecule has 1 aromatic carbocycles. The third-order valence-electron chi connectivity index (χ3n) is 7.87. The molecule has 1 aliphatic heterocycles. The van der Waals surface area contributed by atoms with Gasteiger partial charge in [0.25, 0.3) is 5.91 Å².